The predicted octanol–water partition coefficient (Wildman–Crippen LogP) is 1.97. The van der Waals surface area contributed by atoms with Gasteiger partial charge in [0.1, 0.15) is 0 Å². The number of piperidine rings is 1. The van der Waals surface area contributed by atoms with Gasteiger partial charge in [-0.05, 0) is 30.5 Å². The maximum absolute atomic E-state index is 12.0. The van der Waals surface area contributed by atoms with Crippen molar-refractivity contribution in [2.45, 2.75) is 18.9 Å². The molecule has 22 heavy (non-hydrogen) atoms. The monoisotopic (exact) mass is 301 g/mol. The maximum atomic E-state index is 12.0. The maximum Gasteiger partial charge on any atom is 0.246 e. The van der Waals surface area contributed by atoms with Crippen LogP contribution in [0.1, 0.15) is 18.4 Å². The summed E-state index contributed by atoms with van der Waals surface area (Å²) >= 11 is 0. The highest BCUT2D eigenvalue weighted by Crippen LogP contribution is 2.32. The van der Waals surface area contributed by atoms with Gasteiger partial charge in [-0.1, -0.05) is 24.3 Å². The average Bonchev–Trinajstić information content (AvgIpc) is 2.99. The fourth-order valence-corrected chi connectivity index (χ4v) is 2.51. The molecule has 0 unspecified atom stereocenters. The number of carbonyl (C=O) groups is 1. The molecule has 0 radical (unpaired) electrons. The highest BCUT2D eigenvalue weighted by Gasteiger charge is 2.19. The zero-order chi connectivity index (χ0) is 15.4. The fraction of sp³-hybridized carbons (Fsp3) is 0.353. The molecule has 0 aromatic heterocycles. The Kier molecular flexibility index (Phi) is 4.44. The van der Waals surface area contributed by atoms with E-state index in [4.69, 9.17) is 9.47 Å². The van der Waals surface area contributed by atoms with Gasteiger partial charge in [0.2, 0.25) is 12.7 Å². The van der Waals surface area contributed by atoms with Gasteiger partial charge < -0.3 is 19.5 Å². The molecule has 0 aliphatic carbocycles. The van der Waals surface area contributed by atoms with Crippen molar-refractivity contribution in [1.82, 2.24) is 4.90 Å². The van der Waals surface area contributed by atoms with Crippen LogP contribution in [0.4, 0.5) is 0 Å². The Morgan fingerprint density at radius 2 is 1.95 bits per heavy atom. The molecule has 5 heteroatoms. The largest absolute Gasteiger partial charge is 0.454 e. The molecule has 1 saturated heterocycles. The van der Waals surface area contributed by atoms with E-state index in [-0.39, 0.29) is 18.8 Å². The van der Waals surface area contributed by atoms with Crippen LogP contribution in [0, 0.1) is 0 Å². The number of likely N-dealkylation sites (tertiary alicyclic amines) is 1. The molecule has 3 rings (SSSR count). The van der Waals surface area contributed by atoms with Gasteiger partial charge in [-0.2, -0.15) is 0 Å². The Labute approximate surface area is 129 Å². The number of benzene rings is 1. The molecule has 2 aliphatic heterocycles. The van der Waals surface area contributed by atoms with E-state index < -0.39 is 0 Å². The lowest BCUT2D eigenvalue weighted by Crippen LogP contribution is -2.39. The van der Waals surface area contributed by atoms with Crippen molar-refractivity contribution in [2.75, 3.05) is 19.9 Å². The Morgan fingerprint density at radius 3 is 2.77 bits per heavy atom. The second-order valence-corrected chi connectivity index (χ2v) is 5.39. The number of aliphatic hydroxyl groups excluding tert-OH is 1. The summed E-state index contributed by atoms with van der Waals surface area (Å²) in [4.78, 5) is 13.7. The molecule has 0 spiro atoms. The number of aliphatic hydroxyl groups is 1. The Balaban J connectivity index is 1.54. The number of hydrogen-bond donors (Lipinski definition) is 1. The van der Waals surface area contributed by atoms with Gasteiger partial charge in [0.15, 0.2) is 11.5 Å². The second-order valence-electron chi connectivity index (χ2n) is 5.39. The van der Waals surface area contributed by atoms with Gasteiger partial charge in [0.25, 0.3) is 0 Å². The quantitative estimate of drug-likeness (QED) is 0.685. The third kappa shape index (κ3) is 3.49. The van der Waals surface area contributed by atoms with Gasteiger partial charge in [0.05, 0.1) is 6.10 Å². The lowest BCUT2D eigenvalue weighted by molar-refractivity contribution is -0.127. The SMILES string of the molecule is O=C(/C=C/C=C/c1ccc2c(c1)OCO2)N1CCC(O)CC1. The molecule has 5 nitrogen and oxygen atoms in total. The zero-order valence-electron chi connectivity index (χ0n) is 12.3. The third-order valence-electron chi connectivity index (χ3n) is 3.81. The lowest BCUT2D eigenvalue weighted by atomic mass is 10.1. The molecular formula is C17H19NO4. The number of fused-ring (bicyclic) bond motifs is 1. The topological polar surface area (TPSA) is 59.0 Å². The average molecular weight is 301 g/mol. The van der Waals surface area contributed by atoms with Crippen LogP contribution in [-0.2, 0) is 4.79 Å². The van der Waals surface area contributed by atoms with E-state index in [0.717, 1.165) is 17.1 Å². The number of hydrogen-bond acceptors (Lipinski definition) is 4. The van der Waals surface area contributed by atoms with Crippen LogP contribution in [-0.4, -0.2) is 41.9 Å². The molecule has 0 atom stereocenters. The minimum Gasteiger partial charge on any atom is -0.454 e. The van der Waals surface area contributed by atoms with Crippen molar-refractivity contribution >= 4 is 12.0 Å². The summed E-state index contributed by atoms with van der Waals surface area (Å²) < 4.78 is 10.6. The normalized spacial score (nSPS) is 18.5. The highest BCUT2D eigenvalue weighted by atomic mass is 16.7. The summed E-state index contributed by atoms with van der Waals surface area (Å²) in [6, 6.07) is 5.71. The van der Waals surface area contributed by atoms with Gasteiger partial charge in [0, 0.05) is 19.2 Å². The van der Waals surface area contributed by atoms with Gasteiger partial charge in [-0.15, -0.1) is 0 Å². The Morgan fingerprint density at radius 1 is 1.18 bits per heavy atom. The number of nitrogens with zero attached hydrogens (tertiary/aromatic N) is 1. The minimum atomic E-state index is -0.265. The molecule has 1 amide bonds. The molecule has 0 saturated carbocycles. The van der Waals surface area contributed by atoms with E-state index in [1.54, 1.807) is 17.1 Å². The number of ether oxygens (including phenoxy) is 2. The first-order valence-corrected chi connectivity index (χ1v) is 7.44. The van der Waals surface area contributed by atoms with Gasteiger partial charge >= 0.3 is 0 Å². The summed E-state index contributed by atoms with van der Waals surface area (Å²) in [5.41, 5.74) is 0.988. The first-order chi connectivity index (χ1) is 10.7. The van der Waals surface area contributed by atoms with E-state index in [2.05, 4.69) is 0 Å². The minimum absolute atomic E-state index is 0.0118. The van der Waals surface area contributed by atoms with Crippen molar-refractivity contribution < 1.29 is 19.4 Å². The smallest absolute Gasteiger partial charge is 0.246 e. The van der Waals surface area contributed by atoms with E-state index in [0.29, 0.717) is 25.9 Å². The van der Waals surface area contributed by atoms with Crippen LogP contribution < -0.4 is 9.47 Å². The molecule has 1 aromatic carbocycles. The van der Waals surface area contributed by atoms with Crippen LogP contribution in [0.15, 0.2) is 36.4 Å². The van der Waals surface area contributed by atoms with Crippen molar-refractivity contribution in [3.63, 3.8) is 0 Å². The third-order valence-corrected chi connectivity index (χ3v) is 3.81. The van der Waals surface area contributed by atoms with E-state index in [9.17, 15) is 9.90 Å². The molecule has 1 aromatic rings. The fourth-order valence-electron chi connectivity index (χ4n) is 2.51. The number of allylic oxidation sites excluding steroid dienone is 2. The van der Waals surface area contributed by atoms with Crippen LogP contribution in [0.2, 0.25) is 0 Å². The van der Waals surface area contributed by atoms with Crippen molar-refractivity contribution in [2.24, 2.45) is 0 Å². The van der Waals surface area contributed by atoms with Crippen molar-refractivity contribution in [3.8, 4) is 11.5 Å². The highest BCUT2D eigenvalue weighted by molar-refractivity contribution is 5.88. The van der Waals surface area contributed by atoms with Crippen LogP contribution >= 0.6 is 0 Å². The zero-order valence-corrected chi connectivity index (χ0v) is 12.3. The molecule has 0 bridgehead atoms. The first-order valence-electron chi connectivity index (χ1n) is 7.44. The number of amides is 1. The number of carbonyl (C=O) groups excluding carboxylic acids is 1. The summed E-state index contributed by atoms with van der Waals surface area (Å²) in [5.74, 6) is 1.49. The second kappa shape index (κ2) is 6.66. The summed E-state index contributed by atoms with van der Waals surface area (Å²) in [5, 5.41) is 9.43. The molecule has 1 N–H and O–H groups in total. The van der Waals surface area contributed by atoms with Gasteiger partial charge in [-0.25, -0.2) is 0 Å². The Hall–Kier alpha value is -2.27. The molecule has 2 aliphatic rings. The number of rotatable bonds is 3. The van der Waals surface area contributed by atoms with Crippen molar-refractivity contribution in [1.29, 1.82) is 0 Å². The standard InChI is InChI=1S/C17H19NO4/c19-14-7-9-18(10-8-14)17(20)4-2-1-3-13-5-6-15-16(11-13)22-12-21-15/h1-6,11,14,19H,7-10,12H2/b3-1+,4-2+. The van der Waals surface area contributed by atoms with E-state index in [1.807, 2.05) is 30.4 Å². The van der Waals surface area contributed by atoms with Crippen LogP contribution in [0.3, 0.4) is 0 Å². The lowest BCUT2D eigenvalue weighted by Gasteiger charge is -2.28. The predicted molar refractivity (Wildman–Crippen MR) is 82.6 cm³/mol. The van der Waals surface area contributed by atoms with Gasteiger partial charge in [-0.3, -0.25) is 4.79 Å². The summed E-state index contributed by atoms with van der Waals surface area (Å²) in [6.45, 7) is 1.51. The first kappa shape index (κ1) is 14.7. The van der Waals surface area contributed by atoms with Crippen LogP contribution in [0.5, 0.6) is 11.5 Å². The summed E-state index contributed by atoms with van der Waals surface area (Å²) in [6.07, 6.45) is 8.08. The van der Waals surface area contributed by atoms with E-state index in [1.165, 1.54) is 0 Å². The Bertz CT molecular complexity index is 601. The van der Waals surface area contributed by atoms with Crippen LogP contribution in [0.25, 0.3) is 6.08 Å². The molecule has 2 heterocycles. The summed E-state index contributed by atoms with van der Waals surface area (Å²) in [7, 11) is 0. The van der Waals surface area contributed by atoms with E-state index >= 15 is 0 Å². The molecule has 116 valence electrons. The molecule has 1 fully saturated rings. The van der Waals surface area contributed by atoms with Crippen molar-refractivity contribution in [3.05, 3.63) is 42.0 Å². The molecular weight excluding hydrogens is 282 g/mol.